The summed E-state index contributed by atoms with van der Waals surface area (Å²) in [7, 11) is 0. The predicted octanol–water partition coefficient (Wildman–Crippen LogP) is 9.36. The van der Waals surface area contributed by atoms with Gasteiger partial charge in [-0.3, -0.25) is 14.4 Å². The highest BCUT2D eigenvalue weighted by molar-refractivity contribution is 5.84. The summed E-state index contributed by atoms with van der Waals surface area (Å²) < 4.78 is 11.9. The van der Waals surface area contributed by atoms with E-state index in [0.717, 1.165) is 51.4 Å². The van der Waals surface area contributed by atoms with E-state index in [2.05, 4.69) is 46.4 Å². The summed E-state index contributed by atoms with van der Waals surface area (Å²) in [4.78, 5) is 56.9. The number of fused-ring (bicyclic) bond motifs is 7. The Hall–Kier alpha value is -2.32. The molecule has 6 aliphatic carbocycles. The molecule has 7 aliphatic rings. The van der Waals surface area contributed by atoms with Gasteiger partial charge in [-0.2, -0.15) is 0 Å². The molecule has 9 nitrogen and oxygen atoms in total. The molecular weight excluding hydrogens is 693 g/mol. The van der Waals surface area contributed by atoms with E-state index in [0.29, 0.717) is 67.1 Å². The Morgan fingerprint density at radius 2 is 1.31 bits per heavy atom. The molecule has 6 saturated carbocycles. The van der Waals surface area contributed by atoms with Crippen LogP contribution in [0.15, 0.2) is 0 Å². The number of piperazine rings is 1. The van der Waals surface area contributed by atoms with Gasteiger partial charge >= 0.3 is 18.0 Å². The fourth-order valence-electron chi connectivity index (χ4n) is 14.9. The minimum atomic E-state index is -1.15. The van der Waals surface area contributed by atoms with E-state index in [1.54, 1.807) is 18.7 Å². The van der Waals surface area contributed by atoms with E-state index in [4.69, 9.17) is 9.47 Å². The van der Waals surface area contributed by atoms with Crippen LogP contribution in [-0.2, 0) is 23.9 Å². The van der Waals surface area contributed by atoms with Gasteiger partial charge in [-0.1, -0.05) is 41.5 Å². The molecule has 2 amide bonds. The fourth-order valence-corrected chi connectivity index (χ4v) is 14.9. The van der Waals surface area contributed by atoms with Crippen LogP contribution in [0.5, 0.6) is 0 Å². The highest BCUT2D eigenvalue weighted by Crippen LogP contribution is 2.79. The summed E-state index contributed by atoms with van der Waals surface area (Å²) in [6, 6.07) is 0. The third-order valence-electron chi connectivity index (χ3n) is 18.4. The van der Waals surface area contributed by atoms with Crippen molar-refractivity contribution < 1.29 is 33.8 Å². The number of esters is 1. The lowest BCUT2D eigenvalue weighted by Crippen LogP contribution is -2.68. The number of carbonyl (C=O) groups is 4. The lowest BCUT2D eigenvalue weighted by atomic mass is 9.32. The van der Waals surface area contributed by atoms with Gasteiger partial charge < -0.3 is 24.4 Å². The molecule has 310 valence electrons. The maximum Gasteiger partial charge on any atom is 0.410 e. The van der Waals surface area contributed by atoms with Crippen LogP contribution in [0.25, 0.3) is 0 Å². The van der Waals surface area contributed by atoms with E-state index in [9.17, 15) is 19.5 Å². The zero-order chi connectivity index (χ0) is 40.4. The molecule has 0 aromatic heterocycles. The third kappa shape index (κ3) is 6.35. The smallest absolute Gasteiger partial charge is 0.410 e. The number of rotatable bonds is 6. The van der Waals surface area contributed by atoms with Gasteiger partial charge in [-0.25, -0.2) is 4.79 Å². The first-order valence-electron chi connectivity index (χ1n) is 22.0. The highest BCUT2D eigenvalue weighted by Gasteiger charge is 2.74. The molecule has 0 radical (unpaired) electrons. The number of carboxylic acids is 1. The van der Waals surface area contributed by atoms with E-state index in [1.165, 1.54) is 25.7 Å². The molecule has 0 aromatic rings. The van der Waals surface area contributed by atoms with Gasteiger partial charge in [0.05, 0.1) is 17.3 Å². The van der Waals surface area contributed by atoms with Gasteiger partial charge in [0.1, 0.15) is 11.7 Å². The van der Waals surface area contributed by atoms with E-state index in [-0.39, 0.29) is 45.7 Å². The zero-order valence-electron chi connectivity index (χ0n) is 36.3. The fraction of sp³-hybridized carbons (Fsp3) is 0.913. The second-order valence-corrected chi connectivity index (χ2v) is 23.1. The molecule has 7 rings (SSSR count). The number of aliphatic carboxylic acids is 1. The van der Waals surface area contributed by atoms with Crippen molar-refractivity contribution in [2.24, 2.45) is 67.5 Å². The largest absolute Gasteiger partial charge is 0.481 e. The number of amides is 2. The summed E-state index contributed by atoms with van der Waals surface area (Å²) in [6.07, 6.45) is 12.6. The van der Waals surface area contributed by atoms with Crippen LogP contribution in [0.1, 0.15) is 160 Å². The second kappa shape index (κ2) is 13.1. The van der Waals surface area contributed by atoms with Crippen molar-refractivity contribution >= 4 is 23.9 Å². The molecule has 0 bridgehead atoms. The standard InChI is InChI=1S/C46H74N2O7/c1-39(2,3)55-38(53)48-26-24-47(25-27-48)36(50)46-19-14-29(42(8)20-21-42)35(46)30-12-13-32-43(9)17-16-33(54-34(49)28-40(4,5)37(51)52)41(6,7)31(43)15-18-45(32,11)44(30,10)22-23-46/h29-33,35H,12-28H2,1-11H3,(H,51,52)/t29-,30-,31+,32-,33+,35-,43+,44-,45-,46+/m1/s1. The SMILES string of the molecule is CC(C)(C)OC(=O)N1CCN(C(=O)[C@]23CC[C@@H](C4(C)CC4)[C@@H]2[C@H]2CC[C@@H]4[C@@]5(C)CC[C@H](OC(=O)CC(C)(C)C(=O)O)C(C)(C)[C@@H]5CC[C@@]4(C)[C@]2(C)CC3)CC1. The van der Waals surface area contributed by atoms with Crippen molar-refractivity contribution in [3.8, 4) is 0 Å². The second-order valence-electron chi connectivity index (χ2n) is 23.1. The van der Waals surface area contributed by atoms with Crippen molar-refractivity contribution in [2.45, 2.75) is 171 Å². The minimum absolute atomic E-state index is 0.115. The molecule has 10 atom stereocenters. The molecule has 9 heteroatoms. The first-order valence-corrected chi connectivity index (χ1v) is 22.0. The van der Waals surface area contributed by atoms with E-state index < -0.39 is 23.0 Å². The van der Waals surface area contributed by atoms with Crippen LogP contribution in [0.3, 0.4) is 0 Å². The van der Waals surface area contributed by atoms with Gasteiger partial charge in [0.25, 0.3) is 0 Å². The average Bonchev–Trinajstić information content (AvgIpc) is 3.70. The Morgan fingerprint density at radius 1 is 0.673 bits per heavy atom. The normalized spacial score (nSPS) is 41.9. The summed E-state index contributed by atoms with van der Waals surface area (Å²) in [5.74, 6) is 1.47. The topological polar surface area (TPSA) is 113 Å². The van der Waals surface area contributed by atoms with Gasteiger partial charge in [-0.15, -0.1) is 0 Å². The molecule has 0 unspecified atom stereocenters. The maximum absolute atomic E-state index is 15.1. The third-order valence-corrected chi connectivity index (χ3v) is 18.4. The van der Waals surface area contributed by atoms with Crippen molar-refractivity contribution in [2.75, 3.05) is 26.2 Å². The predicted molar refractivity (Wildman–Crippen MR) is 212 cm³/mol. The molecule has 7 fully saturated rings. The molecule has 55 heavy (non-hydrogen) atoms. The first kappa shape index (κ1) is 40.9. The molecule has 0 aromatic carbocycles. The Bertz CT molecular complexity index is 1570. The monoisotopic (exact) mass is 767 g/mol. The minimum Gasteiger partial charge on any atom is -0.481 e. The lowest BCUT2D eigenvalue weighted by molar-refractivity contribution is -0.251. The summed E-state index contributed by atoms with van der Waals surface area (Å²) in [5, 5.41) is 9.64. The molecule has 0 spiro atoms. The van der Waals surface area contributed by atoms with Gasteiger partial charge in [0, 0.05) is 31.6 Å². The lowest BCUT2D eigenvalue weighted by Gasteiger charge is -2.73. The van der Waals surface area contributed by atoms with Crippen molar-refractivity contribution in [1.82, 2.24) is 9.80 Å². The van der Waals surface area contributed by atoms with Crippen molar-refractivity contribution in [1.29, 1.82) is 0 Å². The van der Waals surface area contributed by atoms with Crippen LogP contribution in [0.2, 0.25) is 0 Å². The Morgan fingerprint density at radius 3 is 1.91 bits per heavy atom. The number of nitrogens with zero attached hydrogens (tertiary/aromatic N) is 2. The Balaban J connectivity index is 1.12. The number of carboxylic acid groups (broad SMARTS) is 1. The Kier molecular flexibility index (Phi) is 9.73. The van der Waals surface area contributed by atoms with Crippen LogP contribution in [0, 0.1) is 67.5 Å². The summed E-state index contributed by atoms with van der Waals surface area (Å²) in [5.41, 5.74) is -1.47. The van der Waals surface area contributed by atoms with Crippen LogP contribution in [0.4, 0.5) is 4.79 Å². The van der Waals surface area contributed by atoms with Crippen LogP contribution >= 0.6 is 0 Å². The highest BCUT2D eigenvalue weighted by atomic mass is 16.6. The average molecular weight is 767 g/mol. The van der Waals surface area contributed by atoms with Crippen molar-refractivity contribution in [3.05, 3.63) is 0 Å². The molecule has 1 aliphatic heterocycles. The van der Waals surface area contributed by atoms with E-state index >= 15 is 4.79 Å². The first-order chi connectivity index (χ1) is 25.3. The molecular formula is C46H74N2O7. The maximum atomic E-state index is 15.1. The number of ether oxygens (including phenoxy) is 2. The molecule has 1 saturated heterocycles. The van der Waals surface area contributed by atoms with Gasteiger partial charge in [0.2, 0.25) is 5.91 Å². The van der Waals surface area contributed by atoms with Crippen LogP contribution in [-0.4, -0.2) is 76.7 Å². The summed E-state index contributed by atoms with van der Waals surface area (Å²) >= 11 is 0. The number of carbonyl (C=O) groups excluding carboxylic acids is 3. The van der Waals surface area contributed by atoms with Gasteiger partial charge in [-0.05, 0) is 163 Å². The Labute approximate surface area is 331 Å². The van der Waals surface area contributed by atoms with E-state index in [1.807, 2.05) is 20.8 Å². The van der Waals surface area contributed by atoms with Crippen molar-refractivity contribution in [3.63, 3.8) is 0 Å². The zero-order valence-corrected chi connectivity index (χ0v) is 36.3. The van der Waals surface area contributed by atoms with Crippen LogP contribution < -0.4 is 0 Å². The molecule has 1 N–H and O–H groups in total. The quantitative estimate of drug-likeness (QED) is 0.268. The number of hydrogen-bond acceptors (Lipinski definition) is 6. The summed E-state index contributed by atoms with van der Waals surface area (Å²) in [6.45, 7) is 26.1. The molecule has 1 heterocycles. The van der Waals surface area contributed by atoms with Gasteiger partial charge in [0.15, 0.2) is 0 Å². The number of hydrogen-bond donors (Lipinski definition) is 1.